The van der Waals surface area contributed by atoms with Gasteiger partial charge in [0.1, 0.15) is 23.9 Å². The number of hydrogen-bond donors (Lipinski definition) is 0. The lowest BCUT2D eigenvalue weighted by atomic mass is 10.0. The highest BCUT2D eigenvalue weighted by Crippen LogP contribution is 2.27. The third-order valence-corrected chi connectivity index (χ3v) is 3.30. The van der Waals surface area contributed by atoms with Crippen LogP contribution >= 0.6 is 0 Å². The standard InChI is InChI=1S/C16H10N2O2/c1-3-12(15-7-19-9-17-15)5-14-6-13(4-2-11(1)14)16-8-20-10-18-16/h1-10H. The Labute approximate surface area is 114 Å². The average molecular weight is 262 g/mol. The first kappa shape index (κ1) is 11.0. The van der Waals surface area contributed by atoms with E-state index in [1.807, 2.05) is 12.1 Å². The monoisotopic (exact) mass is 262 g/mol. The van der Waals surface area contributed by atoms with Gasteiger partial charge >= 0.3 is 0 Å². The summed E-state index contributed by atoms with van der Waals surface area (Å²) in [7, 11) is 0. The first-order valence-corrected chi connectivity index (χ1v) is 6.21. The molecule has 4 aromatic rings. The van der Waals surface area contributed by atoms with Crippen molar-refractivity contribution in [1.29, 1.82) is 0 Å². The number of aromatic nitrogens is 2. The molecule has 0 saturated heterocycles. The molecule has 2 aromatic carbocycles. The second-order valence-corrected chi connectivity index (χ2v) is 4.52. The van der Waals surface area contributed by atoms with Crippen molar-refractivity contribution in [3.63, 3.8) is 0 Å². The Kier molecular flexibility index (Phi) is 2.39. The lowest BCUT2D eigenvalue weighted by molar-refractivity contribution is 0.558. The fraction of sp³-hybridized carbons (Fsp3) is 0. The molecular formula is C16H10N2O2. The van der Waals surface area contributed by atoms with Crippen LogP contribution in [0.2, 0.25) is 0 Å². The molecule has 0 radical (unpaired) electrons. The molecule has 0 aliphatic heterocycles. The van der Waals surface area contributed by atoms with Crippen LogP contribution in [0.1, 0.15) is 0 Å². The molecule has 0 unspecified atom stereocenters. The minimum atomic E-state index is 0.832. The molecule has 0 fully saturated rings. The van der Waals surface area contributed by atoms with E-state index in [1.54, 1.807) is 12.5 Å². The fourth-order valence-electron chi connectivity index (χ4n) is 2.28. The summed E-state index contributed by atoms with van der Waals surface area (Å²) in [6.07, 6.45) is 6.15. The summed E-state index contributed by atoms with van der Waals surface area (Å²) in [5.41, 5.74) is 3.73. The summed E-state index contributed by atoms with van der Waals surface area (Å²) in [4.78, 5) is 8.34. The van der Waals surface area contributed by atoms with Gasteiger partial charge in [0.15, 0.2) is 12.8 Å². The Hall–Kier alpha value is -2.88. The normalized spacial score (nSPS) is 11.0. The largest absolute Gasteiger partial charge is 0.451 e. The molecule has 0 saturated carbocycles. The van der Waals surface area contributed by atoms with Crippen LogP contribution in [0, 0.1) is 0 Å². The van der Waals surface area contributed by atoms with Crippen LogP contribution < -0.4 is 0 Å². The lowest BCUT2D eigenvalue weighted by Gasteiger charge is -2.03. The Morgan fingerprint density at radius 3 is 1.65 bits per heavy atom. The van der Waals surface area contributed by atoms with Crippen LogP contribution in [0.3, 0.4) is 0 Å². The molecule has 4 nitrogen and oxygen atoms in total. The van der Waals surface area contributed by atoms with Gasteiger partial charge in [0.25, 0.3) is 0 Å². The minimum Gasteiger partial charge on any atom is -0.451 e. The molecule has 2 aromatic heterocycles. The Morgan fingerprint density at radius 2 is 1.20 bits per heavy atom. The molecule has 0 bridgehead atoms. The number of nitrogens with zero attached hydrogens (tertiary/aromatic N) is 2. The molecule has 4 heteroatoms. The molecule has 2 heterocycles. The molecule has 0 amide bonds. The van der Waals surface area contributed by atoms with Gasteiger partial charge in [-0.15, -0.1) is 0 Å². The molecular weight excluding hydrogens is 252 g/mol. The van der Waals surface area contributed by atoms with Gasteiger partial charge in [-0.05, 0) is 22.9 Å². The first-order valence-electron chi connectivity index (χ1n) is 6.21. The van der Waals surface area contributed by atoms with Gasteiger partial charge in [-0.1, -0.05) is 24.3 Å². The molecule has 96 valence electrons. The van der Waals surface area contributed by atoms with Gasteiger partial charge in [0.05, 0.1) is 0 Å². The fourth-order valence-corrected chi connectivity index (χ4v) is 2.28. The van der Waals surface area contributed by atoms with Crippen LogP contribution in [0.5, 0.6) is 0 Å². The predicted octanol–water partition coefficient (Wildman–Crippen LogP) is 4.15. The molecule has 20 heavy (non-hydrogen) atoms. The zero-order chi connectivity index (χ0) is 13.4. The van der Waals surface area contributed by atoms with Crippen molar-refractivity contribution in [3.8, 4) is 22.5 Å². The van der Waals surface area contributed by atoms with Crippen molar-refractivity contribution in [1.82, 2.24) is 9.97 Å². The van der Waals surface area contributed by atoms with E-state index < -0.39 is 0 Å². The number of benzene rings is 2. The summed E-state index contributed by atoms with van der Waals surface area (Å²) >= 11 is 0. The molecule has 4 rings (SSSR count). The lowest BCUT2D eigenvalue weighted by Crippen LogP contribution is -1.81. The van der Waals surface area contributed by atoms with Crippen LogP contribution in [0.15, 0.2) is 70.5 Å². The zero-order valence-corrected chi connectivity index (χ0v) is 10.5. The molecule has 0 N–H and O–H groups in total. The molecule has 0 aliphatic rings. The third-order valence-electron chi connectivity index (χ3n) is 3.30. The summed E-state index contributed by atoms with van der Waals surface area (Å²) < 4.78 is 10.1. The van der Waals surface area contributed by atoms with E-state index in [4.69, 9.17) is 8.83 Å². The van der Waals surface area contributed by atoms with Crippen molar-refractivity contribution in [3.05, 3.63) is 61.7 Å². The second-order valence-electron chi connectivity index (χ2n) is 4.52. The maximum absolute atomic E-state index is 5.03. The Balaban J connectivity index is 1.88. The van der Waals surface area contributed by atoms with E-state index in [1.165, 1.54) is 18.2 Å². The van der Waals surface area contributed by atoms with E-state index in [9.17, 15) is 0 Å². The summed E-state index contributed by atoms with van der Waals surface area (Å²) in [6.45, 7) is 0. The Bertz CT molecular complexity index is 780. The molecule has 0 aliphatic carbocycles. The highest BCUT2D eigenvalue weighted by atomic mass is 16.3. The van der Waals surface area contributed by atoms with Crippen molar-refractivity contribution >= 4 is 10.8 Å². The van der Waals surface area contributed by atoms with Crippen LogP contribution in [-0.4, -0.2) is 9.97 Å². The number of oxazole rings is 2. The van der Waals surface area contributed by atoms with Crippen molar-refractivity contribution in [2.45, 2.75) is 0 Å². The Morgan fingerprint density at radius 1 is 0.650 bits per heavy atom. The van der Waals surface area contributed by atoms with Crippen LogP contribution in [0.4, 0.5) is 0 Å². The number of hydrogen-bond acceptors (Lipinski definition) is 4. The average Bonchev–Trinajstić information content (AvgIpc) is 3.19. The maximum atomic E-state index is 5.03. The smallest absolute Gasteiger partial charge is 0.181 e. The third kappa shape index (κ3) is 1.78. The SMILES string of the molecule is c1nc(-c2ccc3ccc(-c4cocn4)cc3c2)co1. The zero-order valence-electron chi connectivity index (χ0n) is 10.5. The van der Waals surface area contributed by atoms with Gasteiger partial charge < -0.3 is 8.83 Å². The minimum absolute atomic E-state index is 0.832. The molecule has 0 atom stereocenters. The number of rotatable bonds is 2. The van der Waals surface area contributed by atoms with Gasteiger partial charge in [-0.3, -0.25) is 0 Å². The first-order chi connectivity index (χ1) is 9.90. The topological polar surface area (TPSA) is 52.1 Å². The predicted molar refractivity (Wildman–Crippen MR) is 74.9 cm³/mol. The van der Waals surface area contributed by atoms with E-state index in [-0.39, 0.29) is 0 Å². The maximum Gasteiger partial charge on any atom is 0.181 e. The van der Waals surface area contributed by atoms with Crippen molar-refractivity contribution in [2.24, 2.45) is 0 Å². The second kappa shape index (κ2) is 4.35. The van der Waals surface area contributed by atoms with Crippen molar-refractivity contribution in [2.75, 3.05) is 0 Å². The highest BCUT2D eigenvalue weighted by molar-refractivity contribution is 5.90. The van der Waals surface area contributed by atoms with E-state index in [0.717, 1.165) is 27.9 Å². The van der Waals surface area contributed by atoms with Crippen LogP contribution in [0.25, 0.3) is 33.3 Å². The van der Waals surface area contributed by atoms with Crippen LogP contribution in [-0.2, 0) is 0 Å². The quantitative estimate of drug-likeness (QED) is 0.544. The number of fused-ring (bicyclic) bond motifs is 1. The molecule has 0 spiro atoms. The summed E-state index contributed by atoms with van der Waals surface area (Å²) in [6, 6.07) is 12.4. The van der Waals surface area contributed by atoms with E-state index >= 15 is 0 Å². The van der Waals surface area contributed by atoms with E-state index in [0.29, 0.717) is 0 Å². The van der Waals surface area contributed by atoms with Gasteiger partial charge in [-0.25, -0.2) is 9.97 Å². The van der Waals surface area contributed by atoms with Gasteiger partial charge in [0, 0.05) is 11.1 Å². The summed E-state index contributed by atoms with van der Waals surface area (Å²) in [5, 5.41) is 2.30. The van der Waals surface area contributed by atoms with Gasteiger partial charge in [0.2, 0.25) is 0 Å². The van der Waals surface area contributed by atoms with E-state index in [2.05, 4.69) is 34.2 Å². The highest BCUT2D eigenvalue weighted by Gasteiger charge is 2.05. The summed E-state index contributed by atoms with van der Waals surface area (Å²) in [5.74, 6) is 0. The van der Waals surface area contributed by atoms with Crippen molar-refractivity contribution < 1.29 is 8.83 Å². The van der Waals surface area contributed by atoms with Gasteiger partial charge in [-0.2, -0.15) is 0 Å².